The van der Waals surface area contributed by atoms with Gasteiger partial charge in [-0.1, -0.05) is 0 Å². The van der Waals surface area contributed by atoms with E-state index in [2.05, 4.69) is 0 Å². The van der Waals surface area contributed by atoms with Crippen LogP contribution in [0.2, 0.25) is 0 Å². The van der Waals surface area contributed by atoms with Crippen LogP contribution in [-0.2, 0) is 6.18 Å². The maximum absolute atomic E-state index is 12.9. The maximum atomic E-state index is 12.9. The van der Waals surface area contributed by atoms with Crippen molar-refractivity contribution in [3.05, 3.63) is 29.6 Å². The molecule has 112 valence electrons. The fourth-order valence-corrected chi connectivity index (χ4v) is 1.18. The first-order chi connectivity index (χ1) is 8.99. The second kappa shape index (κ2) is 5.55. The molecular formula is C10H7F7N2O. The summed E-state index contributed by atoms with van der Waals surface area (Å²) in [7, 11) is 0. The molecule has 0 bridgehead atoms. The fraction of sp³-hybridized carbons (Fsp3) is 0.300. The summed E-state index contributed by atoms with van der Waals surface area (Å²) in [5.74, 6) is -1.56. The van der Waals surface area contributed by atoms with Crippen LogP contribution in [0.25, 0.3) is 0 Å². The van der Waals surface area contributed by atoms with Crippen molar-refractivity contribution < 1.29 is 35.5 Å². The van der Waals surface area contributed by atoms with E-state index in [0.717, 1.165) is 6.07 Å². The smallest absolute Gasteiger partial charge is 0.329 e. The number of anilines is 1. The van der Waals surface area contributed by atoms with Gasteiger partial charge in [0.15, 0.2) is 0 Å². The van der Waals surface area contributed by atoms with Crippen molar-refractivity contribution in [2.75, 3.05) is 11.9 Å². The molecule has 0 heterocycles. The molecule has 1 aromatic rings. The van der Waals surface area contributed by atoms with Gasteiger partial charge in [-0.05, 0) is 18.2 Å². The Morgan fingerprint density at radius 3 is 2.20 bits per heavy atom. The first kappa shape index (κ1) is 16.1. The molecule has 0 aliphatic heterocycles. The Balaban J connectivity index is 2.77. The van der Waals surface area contributed by atoms with E-state index < -0.39 is 42.0 Å². The molecular weight excluding hydrogens is 297 g/mol. The number of benzene rings is 1. The van der Waals surface area contributed by atoms with Crippen LogP contribution in [0.5, 0.6) is 0 Å². The molecule has 0 radical (unpaired) electrons. The number of urea groups is 1. The predicted octanol–water partition coefficient (Wildman–Crippen LogP) is 3.53. The van der Waals surface area contributed by atoms with Crippen LogP contribution in [0, 0.1) is 5.82 Å². The van der Waals surface area contributed by atoms with Gasteiger partial charge in [-0.15, -0.1) is 0 Å². The zero-order valence-electron chi connectivity index (χ0n) is 9.49. The Bertz CT molecular complexity index is 495. The van der Waals surface area contributed by atoms with Crippen LogP contribution in [0.15, 0.2) is 18.2 Å². The first-order valence-electron chi connectivity index (χ1n) is 4.97. The van der Waals surface area contributed by atoms with E-state index in [1.54, 1.807) is 5.32 Å². The molecule has 10 heteroatoms. The Hall–Kier alpha value is -2.00. The number of rotatable bonds is 2. The molecule has 0 aromatic heterocycles. The number of amides is 2. The molecule has 0 atom stereocenters. The van der Waals surface area contributed by atoms with Crippen molar-refractivity contribution in [2.45, 2.75) is 12.4 Å². The minimum atomic E-state index is -4.98. The SMILES string of the molecule is O=C(NCC(F)(F)F)Nc1ccc(F)c(C(F)(F)F)c1. The molecule has 3 nitrogen and oxygen atoms in total. The fourth-order valence-electron chi connectivity index (χ4n) is 1.18. The van der Waals surface area contributed by atoms with Crippen molar-refractivity contribution in [1.82, 2.24) is 5.32 Å². The van der Waals surface area contributed by atoms with Gasteiger partial charge in [0.2, 0.25) is 0 Å². The third-order valence-electron chi connectivity index (χ3n) is 1.98. The van der Waals surface area contributed by atoms with Gasteiger partial charge in [0.05, 0.1) is 5.56 Å². The standard InChI is InChI=1S/C10H7F7N2O/c11-7-2-1-5(3-6(7)10(15,16)17)19-8(20)18-4-9(12,13)14/h1-3H,4H2,(H2,18,19,20). The van der Waals surface area contributed by atoms with Gasteiger partial charge in [0, 0.05) is 5.69 Å². The van der Waals surface area contributed by atoms with Gasteiger partial charge in [0.25, 0.3) is 0 Å². The zero-order chi connectivity index (χ0) is 15.6. The lowest BCUT2D eigenvalue weighted by Crippen LogP contribution is -2.36. The van der Waals surface area contributed by atoms with Crippen LogP contribution >= 0.6 is 0 Å². The van der Waals surface area contributed by atoms with Crippen molar-refractivity contribution in [3.63, 3.8) is 0 Å². The Morgan fingerprint density at radius 1 is 1.10 bits per heavy atom. The van der Waals surface area contributed by atoms with E-state index in [-0.39, 0.29) is 6.07 Å². The summed E-state index contributed by atoms with van der Waals surface area (Å²) in [4.78, 5) is 11.0. The van der Waals surface area contributed by atoms with E-state index >= 15 is 0 Å². The van der Waals surface area contributed by atoms with E-state index in [1.165, 1.54) is 5.32 Å². The van der Waals surface area contributed by atoms with Crippen LogP contribution < -0.4 is 10.6 Å². The van der Waals surface area contributed by atoms with Crippen LogP contribution in [0.4, 0.5) is 41.2 Å². The Morgan fingerprint density at radius 2 is 1.70 bits per heavy atom. The number of nitrogens with one attached hydrogen (secondary N) is 2. The second-order valence-electron chi connectivity index (χ2n) is 3.62. The average molecular weight is 304 g/mol. The van der Waals surface area contributed by atoms with Gasteiger partial charge >= 0.3 is 18.4 Å². The number of carbonyl (C=O) groups excluding carboxylic acids is 1. The van der Waals surface area contributed by atoms with E-state index in [0.29, 0.717) is 6.07 Å². The van der Waals surface area contributed by atoms with E-state index in [1.807, 2.05) is 0 Å². The third kappa shape index (κ3) is 4.94. The molecule has 0 unspecified atom stereocenters. The molecule has 20 heavy (non-hydrogen) atoms. The van der Waals surface area contributed by atoms with Gasteiger partial charge in [0.1, 0.15) is 12.4 Å². The van der Waals surface area contributed by atoms with Gasteiger partial charge < -0.3 is 10.6 Å². The molecule has 2 N–H and O–H groups in total. The van der Waals surface area contributed by atoms with Crippen molar-refractivity contribution in [3.8, 4) is 0 Å². The van der Waals surface area contributed by atoms with E-state index in [4.69, 9.17) is 0 Å². The highest BCUT2D eigenvalue weighted by molar-refractivity contribution is 5.89. The lowest BCUT2D eigenvalue weighted by molar-refractivity contribution is -0.139. The first-order valence-corrected chi connectivity index (χ1v) is 4.97. The number of hydrogen-bond acceptors (Lipinski definition) is 1. The Labute approximate surface area is 107 Å². The summed E-state index contributed by atoms with van der Waals surface area (Å²) in [6, 6.07) is 0.157. The largest absolute Gasteiger partial charge is 0.419 e. The van der Waals surface area contributed by atoms with Gasteiger partial charge in [-0.3, -0.25) is 0 Å². The van der Waals surface area contributed by atoms with Crippen LogP contribution in [0.1, 0.15) is 5.56 Å². The highest BCUT2D eigenvalue weighted by atomic mass is 19.4. The predicted molar refractivity (Wildman–Crippen MR) is 54.5 cm³/mol. The van der Waals surface area contributed by atoms with Crippen molar-refractivity contribution >= 4 is 11.7 Å². The summed E-state index contributed by atoms with van der Waals surface area (Å²) < 4.78 is 85.3. The Kier molecular flexibility index (Phi) is 4.46. The number of hydrogen-bond donors (Lipinski definition) is 2. The lowest BCUT2D eigenvalue weighted by atomic mass is 10.2. The molecule has 1 rings (SSSR count). The zero-order valence-corrected chi connectivity index (χ0v) is 9.49. The summed E-state index contributed by atoms with van der Waals surface area (Å²) >= 11 is 0. The molecule has 0 fully saturated rings. The minimum Gasteiger partial charge on any atom is -0.329 e. The minimum absolute atomic E-state index is 0.280. The van der Waals surface area contributed by atoms with E-state index in [9.17, 15) is 35.5 Å². The number of halogens is 7. The topological polar surface area (TPSA) is 41.1 Å². The molecule has 0 spiro atoms. The van der Waals surface area contributed by atoms with Gasteiger partial charge in [-0.25, -0.2) is 9.18 Å². The van der Waals surface area contributed by atoms with Crippen LogP contribution in [0.3, 0.4) is 0 Å². The van der Waals surface area contributed by atoms with Crippen LogP contribution in [-0.4, -0.2) is 18.8 Å². The second-order valence-corrected chi connectivity index (χ2v) is 3.62. The average Bonchev–Trinajstić information content (AvgIpc) is 2.27. The normalized spacial score (nSPS) is 12.2. The summed E-state index contributed by atoms with van der Waals surface area (Å²) in [6.45, 7) is -1.65. The monoisotopic (exact) mass is 304 g/mol. The summed E-state index contributed by atoms with van der Waals surface area (Å²) in [6.07, 6.45) is -9.64. The molecule has 0 saturated heterocycles. The highest BCUT2D eigenvalue weighted by Crippen LogP contribution is 2.32. The van der Waals surface area contributed by atoms with Gasteiger partial charge in [-0.2, -0.15) is 26.3 Å². The summed E-state index contributed by atoms with van der Waals surface area (Å²) in [5.41, 5.74) is -2.12. The quantitative estimate of drug-likeness (QED) is 0.806. The summed E-state index contributed by atoms with van der Waals surface area (Å²) in [5, 5.41) is 3.13. The van der Waals surface area contributed by atoms with Crippen molar-refractivity contribution in [1.29, 1.82) is 0 Å². The third-order valence-corrected chi connectivity index (χ3v) is 1.98. The van der Waals surface area contributed by atoms with Crippen molar-refractivity contribution in [2.24, 2.45) is 0 Å². The molecule has 0 aliphatic carbocycles. The lowest BCUT2D eigenvalue weighted by Gasteiger charge is -2.12. The highest BCUT2D eigenvalue weighted by Gasteiger charge is 2.34. The molecule has 1 aromatic carbocycles. The maximum Gasteiger partial charge on any atom is 0.419 e. The molecule has 0 aliphatic rings. The number of alkyl halides is 6. The molecule has 2 amide bonds. The molecule has 0 saturated carbocycles. The number of carbonyl (C=O) groups is 1.